The third-order valence-corrected chi connectivity index (χ3v) is 7.61. The van der Waals surface area contributed by atoms with Crippen molar-refractivity contribution in [3.8, 4) is 0 Å². The van der Waals surface area contributed by atoms with Crippen molar-refractivity contribution in [2.24, 2.45) is 5.92 Å². The number of benzene rings is 3. The number of aliphatic hydroxyl groups is 2. The maximum absolute atomic E-state index is 14.5. The predicted octanol–water partition coefficient (Wildman–Crippen LogP) is 6.84. The molecule has 0 amide bonds. The number of ether oxygens (including phenoxy) is 1. The molecule has 0 radical (unpaired) electrons. The summed E-state index contributed by atoms with van der Waals surface area (Å²) in [6, 6.07) is 23.6. The van der Waals surface area contributed by atoms with Crippen molar-refractivity contribution >= 4 is 11.8 Å². The zero-order valence-corrected chi connectivity index (χ0v) is 19.4. The molecule has 2 N–H and O–H groups in total. The SMILES string of the molecule is O[C@]1(C(F)(F)F)O[C@](O)(C(F)(F)F)C[C@@H](c2ccccc2)[C@H]1[C@H](Sc1ccccc1)c1ccccc1. The maximum Gasteiger partial charge on any atom is 0.443 e. The molecule has 1 saturated heterocycles. The van der Waals surface area contributed by atoms with Crippen LogP contribution in [-0.4, -0.2) is 34.1 Å². The van der Waals surface area contributed by atoms with Crippen molar-refractivity contribution in [2.75, 3.05) is 0 Å². The molecule has 1 heterocycles. The van der Waals surface area contributed by atoms with Gasteiger partial charge < -0.3 is 14.9 Å². The van der Waals surface area contributed by atoms with E-state index in [9.17, 15) is 36.6 Å². The van der Waals surface area contributed by atoms with Crippen LogP contribution >= 0.6 is 11.8 Å². The fourth-order valence-electron chi connectivity index (χ4n) is 4.56. The summed E-state index contributed by atoms with van der Waals surface area (Å²) in [6.45, 7) is 0. The molecule has 0 bridgehead atoms. The Labute approximate surface area is 207 Å². The minimum atomic E-state index is -5.67. The van der Waals surface area contributed by atoms with Crippen LogP contribution in [0.15, 0.2) is 95.9 Å². The number of hydrogen-bond donors (Lipinski definition) is 2. The van der Waals surface area contributed by atoms with Crippen LogP contribution in [0.3, 0.4) is 0 Å². The Bertz CT molecular complexity index is 1140. The lowest BCUT2D eigenvalue weighted by molar-refractivity contribution is -0.501. The van der Waals surface area contributed by atoms with Gasteiger partial charge in [-0.3, -0.25) is 0 Å². The van der Waals surface area contributed by atoms with Gasteiger partial charge in [-0.2, -0.15) is 26.3 Å². The number of rotatable bonds is 5. The molecule has 0 aliphatic carbocycles. The molecule has 1 fully saturated rings. The molecule has 0 spiro atoms. The molecule has 3 aromatic rings. The molecule has 3 nitrogen and oxygen atoms in total. The van der Waals surface area contributed by atoms with Crippen molar-refractivity contribution in [3.63, 3.8) is 0 Å². The molecular weight excluding hydrogens is 506 g/mol. The first kappa shape index (κ1) is 26.5. The summed E-state index contributed by atoms with van der Waals surface area (Å²) in [4.78, 5) is 0.541. The highest BCUT2D eigenvalue weighted by Gasteiger charge is 2.74. The van der Waals surface area contributed by atoms with Crippen LogP contribution in [0.2, 0.25) is 0 Å². The lowest BCUT2D eigenvalue weighted by Gasteiger charge is -2.53. The van der Waals surface area contributed by atoms with Gasteiger partial charge in [0.1, 0.15) is 0 Å². The van der Waals surface area contributed by atoms with E-state index in [1.165, 1.54) is 24.3 Å². The van der Waals surface area contributed by atoms with Gasteiger partial charge in [0.05, 0.1) is 0 Å². The molecule has 1 aliphatic rings. The van der Waals surface area contributed by atoms with Crippen molar-refractivity contribution < 1.29 is 41.3 Å². The fourth-order valence-corrected chi connectivity index (χ4v) is 5.99. The van der Waals surface area contributed by atoms with E-state index in [0.29, 0.717) is 10.5 Å². The van der Waals surface area contributed by atoms with Crippen molar-refractivity contribution in [2.45, 2.75) is 46.4 Å². The Hall–Kier alpha value is -2.53. The van der Waals surface area contributed by atoms with E-state index >= 15 is 0 Å². The maximum atomic E-state index is 14.5. The van der Waals surface area contributed by atoms with Gasteiger partial charge in [0.15, 0.2) is 0 Å². The number of thioether (sulfide) groups is 1. The third-order valence-electron chi connectivity index (χ3n) is 6.24. The number of halogens is 6. The van der Waals surface area contributed by atoms with Crippen LogP contribution in [0.1, 0.15) is 28.7 Å². The van der Waals surface area contributed by atoms with Crippen LogP contribution in [0.5, 0.6) is 0 Å². The molecule has 3 aromatic carbocycles. The summed E-state index contributed by atoms with van der Waals surface area (Å²) < 4.78 is 89.6. The average molecular weight is 529 g/mol. The highest BCUT2D eigenvalue weighted by molar-refractivity contribution is 7.99. The topological polar surface area (TPSA) is 49.7 Å². The molecule has 4 rings (SSSR count). The highest BCUT2D eigenvalue weighted by atomic mass is 32.2. The monoisotopic (exact) mass is 528 g/mol. The van der Waals surface area contributed by atoms with Crippen molar-refractivity contribution in [1.29, 1.82) is 0 Å². The van der Waals surface area contributed by atoms with Crippen molar-refractivity contribution in [1.82, 2.24) is 0 Å². The lowest BCUT2D eigenvalue weighted by atomic mass is 9.70. The Balaban J connectivity index is 1.96. The van der Waals surface area contributed by atoms with Crippen molar-refractivity contribution in [3.05, 3.63) is 102 Å². The predicted molar refractivity (Wildman–Crippen MR) is 122 cm³/mol. The standard InChI is InChI=1S/C26H22F6O3S/c27-25(28,29)23(33)16-20(17-10-4-1-5-11-17)21(24(34,35-23)26(30,31)32)22(18-12-6-2-7-13-18)36-19-14-8-3-9-15-19/h1-15,20-22,33-34H,16H2/t20-,21-,22+,23-,24-/m0/s1. The number of hydrogen-bond acceptors (Lipinski definition) is 4. The zero-order chi connectivity index (χ0) is 26.2. The highest BCUT2D eigenvalue weighted by Crippen LogP contribution is 2.62. The van der Waals surface area contributed by atoms with Crippen LogP contribution in [0.25, 0.3) is 0 Å². The van der Waals surface area contributed by atoms with E-state index in [-0.39, 0.29) is 5.56 Å². The molecule has 1 aliphatic heterocycles. The van der Waals surface area contributed by atoms with Gasteiger partial charge in [0.2, 0.25) is 0 Å². The Morgan fingerprint density at radius 3 is 1.75 bits per heavy atom. The van der Waals surface area contributed by atoms with E-state index in [4.69, 9.17) is 0 Å². The van der Waals surface area contributed by atoms with Gasteiger partial charge in [-0.25, -0.2) is 0 Å². The molecule has 10 heteroatoms. The Morgan fingerprint density at radius 1 is 0.750 bits per heavy atom. The summed E-state index contributed by atoms with van der Waals surface area (Å²) in [7, 11) is 0. The second-order valence-corrected chi connectivity index (χ2v) is 9.80. The quantitative estimate of drug-likeness (QED) is 0.281. The first-order chi connectivity index (χ1) is 16.9. The molecule has 36 heavy (non-hydrogen) atoms. The molecule has 192 valence electrons. The minimum absolute atomic E-state index is 0.103. The van der Waals surface area contributed by atoms with Gasteiger partial charge >= 0.3 is 12.4 Å². The summed E-state index contributed by atoms with van der Waals surface area (Å²) >= 11 is 0.970. The summed E-state index contributed by atoms with van der Waals surface area (Å²) in [5.74, 6) is -12.1. The Morgan fingerprint density at radius 2 is 1.25 bits per heavy atom. The molecule has 0 saturated carbocycles. The number of alkyl halides is 6. The largest absolute Gasteiger partial charge is 0.443 e. The van der Waals surface area contributed by atoms with Crippen LogP contribution in [0.4, 0.5) is 26.3 Å². The van der Waals surface area contributed by atoms with Gasteiger partial charge in [-0.1, -0.05) is 78.9 Å². The first-order valence-electron chi connectivity index (χ1n) is 11.0. The van der Waals surface area contributed by atoms with E-state index in [1.54, 1.807) is 66.7 Å². The van der Waals surface area contributed by atoms with E-state index < -0.39 is 47.4 Å². The zero-order valence-electron chi connectivity index (χ0n) is 18.6. The lowest BCUT2D eigenvalue weighted by Crippen LogP contribution is -2.68. The van der Waals surface area contributed by atoms with Crippen LogP contribution in [0, 0.1) is 5.92 Å². The van der Waals surface area contributed by atoms with Gasteiger partial charge in [-0.15, -0.1) is 11.8 Å². The van der Waals surface area contributed by atoms with E-state index in [0.717, 1.165) is 11.8 Å². The second-order valence-electron chi connectivity index (χ2n) is 8.59. The van der Waals surface area contributed by atoms with Crippen LogP contribution in [-0.2, 0) is 4.74 Å². The summed E-state index contributed by atoms with van der Waals surface area (Å²) in [5.41, 5.74) is 0.451. The normalized spacial score (nSPS) is 28.0. The Kier molecular flexibility index (Phi) is 7.18. The smallest absolute Gasteiger partial charge is 0.358 e. The average Bonchev–Trinajstić information content (AvgIpc) is 2.83. The minimum Gasteiger partial charge on any atom is -0.358 e. The second kappa shape index (κ2) is 9.74. The molecule has 5 atom stereocenters. The van der Waals surface area contributed by atoms with Gasteiger partial charge in [-0.05, 0) is 29.2 Å². The van der Waals surface area contributed by atoms with Gasteiger partial charge in [0, 0.05) is 22.5 Å². The molecule has 0 aromatic heterocycles. The van der Waals surface area contributed by atoms with E-state index in [2.05, 4.69) is 4.74 Å². The van der Waals surface area contributed by atoms with Crippen LogP contribution < -0.4 is 0 Å². The molecular formula is C26H22F6O3S. The van der Waals surface area contributed by atoms with Gasteiger partial charge in [0.25, 0.3) is 11.6 Å². The fraction of sp³-hybridized carbons (Fsp3) is 0.308. The summed E-state index contributed by atoms with van der Waals surface area (Å²) in [5, 5.41) is 20.3. The van der Waals surface area contributed by atoms with E-state index in [1.807, 2.05) is 0 Å². The summed E-state index contributed by atoms with van der Waals surface area (Å²) in [6.07, 6.45) is -12.5. The first-order valence-corrected chi connectivity index (χ1v) is 11.8. The molecule has 0 unspecified atom stereocenters. The third kappa shape index (κ3) is 5.00.